The van der Waals surface area contributed by atoms with Crippen LogP contribution >= 0.6 is 11.6 Å². The van der Waals surface area contributed by atoms with Crippen LogP contribution in [0.4, 0.5) is 0 Å². The van der Waals surface area contributed by atoms with Crippen molar-refractivity contribution >= 4 is 39.4 Å². The lowest BCUT2D eigenvalue weighted by molar-refractivity contribution is -0.139. The van der Waals surface area contributed by atoms with Crippen LogP contribution in [0.1, 0.15) is 27.1 Å². The van der Waals surface area contributed by atoms with Gasteiger partial charge in [-0.25, -0.2) is 8.42 Å². The van der Waals surface area contributed by atoms with E-state index in [9.17, 15) is 27.9 Å². The number of halogens is 1. The summed E-state index contributed by atoms with van der Waals surface area (Å²) < 4.78 is 27.8. The number of aliphatic carboxylic acids is 1. The van der Waals surface area contributed by atoms with Gasteiger partial charge >= 0.3 is 5.97 Å². The van der Waals surface area contributed by atoms with Crippen molar-refractivity contribution in [2.75, 3.05) is 6.54 Å². The molecule has 0 fully saturated rings. The minimum atomic E-state index is -4.18. The molecule has 0 radical (unpaired) electrons. The predicted molar refractivity (Wildman–Crippen MR) is 125 cm³/mol. The number of rotatable bonds is 8. The topological polar surface area (TPSA) is 121 Å². The van der Waals surface area contributed by atoms with Crippen molar-refractivity contribution < 1.29 is 27.9 Å². The third-order valence-corrected chi connectivity index (χ3v) is 7.20. The van der Waals surface area contributed by atoms with E-state index in [1.807, 2.05) is 0 Å². The number of fused-ring (bicyclic) bond motifs is 1. The summed E-state index contributed by atoms with van der Waals surface area (Å²) in [5.41, 5.74) is 2.07. The molecule has 174 valence electrons. The van der Waals surface area contributed by atoms with Crippen molar-refractivity contribution in [3.8, 4) is 11.1 Å². The maximum absolute atomic E-state index is 12.8. The van der Waals surface area contributed by atoms with Crippen LogP contribution in [0.3, 0.4) is 0 Å². The van der Waals surface area contributed by atoms with E-state index in [2.05, 4.69) is 4.72 Å². The van der Waals surface area contributed by atoms with Gasteiger partial charge in [0.2, 0.25) is 10.0 Å². The van der Waals surface area contributed by atoms with E-state index in [0.717, 1.165) is 16.0 Å². The van der Waals surface area contributed by atoms with Crippen molar-refractivity contribution in [2.24, 2.45) is 0 Å². The van der Waals surface area contributed by atoms with Crippen molar-refractivity contribution in [1.82, 2.24) is 9.62 Å². The van der Waals surface area contributed by atoms with Crippen molar-refractivity contribution in [3.05, 3.63) is 88.9 Å². The second-order valence-electron chi connectivity index (χ2n) is 7.64. The maximum Gasteiger partial charge on any atom is 0.321 e. The van der Waals surface area contributed by atoms with Crippen LogP contribution in [0.2, 0.25) is 5.02 Å². The Labute approximate surface area is 200 Å². The van der Waals surface area contributed by atoms with Gasteiger partial charge in [0.15, 0.2) is 0 Å². The van der Waals surface area contributed by atoms with Gasteiger partial charge in [-0.15, -0.1) is 0 Å². The van der Waals surface area contributed by atoms with Crippen LogP contribution in [0.5, 0.6) is 0 Å². The van der Waals surface area contributed by atoms with E-state index in [1.165, 1.54) is 24.3 Å². The molecule has 0 aromatic heterocycles. The highest BCUT2D eigenvalue weighted by Crippen LogP contribution is 2.24. The number of benzene rings is 3. The van der Waals surface area contributed by atoms with Gasteiger partial charge in [-0.2, -0.15) is 4.72 Å². The Morgan fingerprint density at radius 1 is 0.882 bits per heavy atom. The molecule has 0 spiro atoms. The number of imide groups is 1. The van der Waals surface area contributed by atoms with Crippen LogP contribution in [0, 0.1) is 0 Å². The summed E-state index contributed by atoms with van der Waals surface area (Å²) in [5, 5.41) is 10.1. The molecule has 1 heterocycles. The molecule has 1 atom stereocenters. The van der Waals surface area contributed by atoms with Gasteiger partial charge < -0.3 is 5.11 Å². The lowest BCUT2D eigenvalue weighted by Crippen LogP contribution is -2.43. The zero-order valence-corrected chi connectivity index (χ0v) is 19.2. The van der Waals surface area contributed by atoms with E-state index in [1.54, 1.807) is 48.5 Å². The van der Waals surface area contributed by atoms with E-state index >= 15 is 0 Å². The Hall–Kier alpha value is -3.53. The second-order valence-corrected chi connectivity index (χ2v) is 9.79. The van der Waals surface area contributed by atoms with Gasteiger partial charge in [0.05, 0.1) is 16.0 Å². The second kappa shape index (κ2) is 9.38. The number of nitrogens with zero attached hydrogens (tertiary/aromatic N) is 1. The van der Waals surface area contributed by atoms with Crippen LogP contribution in [0.25, 0.3) is 11.1 Å². The first-order chi connectivity index (χ1) is 16.2. The van der Waals surface area contributed by atoms with Gasteiger partial charge in [0.1, 0.15) is 6.04 Å². The first kappa shape index (κ1) is 23.6. The number of carbonyl (C=O) groups excluding carboxylic acids is 2. The first-order valence-electron chi connectivity index (χ1n) is 10.2. The molecule has 0 bridgehead atoms. The highest BCUT2D eigenvalue weighted by atomic mass is 35.5. The van der Waals surface area contributed by atoms with Gasteiger partial charge in [-0.3, -0.25) is 19.3 Å². The smallest absolute Gasteiger partial charge is 0.321 e. The van der Waals surface area contributed by atoms with E-state index in [0.29, 0.717) is 5.02 Å². The molecule has 2 amide bonds. The van der Waals surface area contributed by atoms with Crippen LogP contribution in [0.15, 0.2) is 77.7 Å². The molecular formula is C24H19ClN2O6S. The Bertz CT molecular complexity index is 1340. The quantitative estimate of drug-likeness (QED) is 0.459. The minimum Gasteiger partial charge on any atom is -0.480 e. The molecule has 4 rings (SSSR count). The van der Waals surface area contributed by atoms with E-state index in [-0.39, 0.29) is 29.0 Å². The Morgan fingerprint density at radius 2 is 1.38 bits per heavy atom. The number of carbonyl (C=O) groups is 3. The highest BCUT2D eigenvalue weighted by molar-refractivity contribution is 7.89. The Kier molecular flexibility index (Phi) is 6.52. The molecule has 34 heavy (non-hydrogen) atoms. The lowest BCUT2D eigenvalue weighted by Gasteiger charge is -2.19. The number of carboxylic acids is 1. The molecule has 0 saturated carbocycles. The Morgan fingerprint density at radius 3 is 1.88 bits per heavy atom. The van der Waals surface area contributed by atoms with Gasteiger partial charge in [0, 0.05) is 11.6 Å². The number of hydrogen-bond donors (Lipinski definition) is 2. The van der Waals surface area contributed by atoms with Crippen LogP contribution < -0.4 is 4.72 Å². The number of nitrogens with one attached hydrogen (secondary N) is 1. The van der Waals surface area contributed by atoms with Crippen LogP contribution in [-0.2, 0) is 14.8 Å². The highest BCUT2D eigenvalue weighted by Gasteiger charge is 2.36. The number of carboxylic acid groups (broad SMARTS) is 1. The number of amides is 2. The van der Waals surface area contributed by atoms with Gasteiger partial charge in [0.25, 0.3) is 11.8 Å². The fraction of sp³-hybridized carbons (Fsp3) is 0.125. The van der Waals surface area contributed by atoms with Crippen LogP contribution in [-0.4, -0.2) is 48.8 Å². The molecule has 2 N–H and O–H groups in total. The lowest BCUT2D eigenvalue weighted by atomic mass is 10.1. The zero-order valence-electron chi connectivity index (χ0n) is 17.6. The average Bonchev–Trinajstić information content (AvgIpc) is 3.07. The molecule has 1 aliphatic heterocycles. The minimum absolute atomic E-state index is 0.114. The first-order valence-corrected chi connectivity index (χ1v) is 12.1. The fourth-order valence-electron chi connectivity index (χ4n) is 3.66. The largest absolute Gasteiger partial charge is 0.480 e. The molecule has 0 aliphatic carbocycles. The predicted octanol–water partition coefficient (Wildman–Crippen LogP) is 3.42. The summed E-state index contributed by atoms with van der Waals surface area (Å²) in [6, 6.07) is 17.7. The SMILES string of the molecule is O=C(O)C(CCN1C(=O)c2ccccc2C1=O)NS(=O)(=O)c1ccc(-c2ccc(Cl)cc2)cc1. The molecule has 3 aromatic rings. The van der Waals surface area contributed by atoms with E-state index in [4.69, 9.17) is 11.6 Å². The van der Waals surface area contributed by atoms with Gasteiger partial charge in [-0.05, 0) is 53.9 Å². The summed E-state index contributed by atoms with van der Waals surface area (Å²) in [7, 11) is -4.18. The summed E-state index contributed by atoms with van der Waals surface area (Å²) in [5.74, 6) is -2.49. The summed E-state index contributed by atoms with van der Waals surface area (Å²) in [6.45, 7) is -0.249. The number of sulfonamides is 1. The fourth-order valence-corrected chi connectivity index (χ4v) is 5.01. The average molecular weight is 499 g/mol. The van der Waals surface area contributed by atoms with Crippen molar-refractivity contribution in [2.45, 2.75) is 17.4 Å². The third kappa shape index (κ3) is 4.72. The molecule has 1 unspecified atom stereocenters. The monoisotopic (exact) mass is 498 g/mol. The molecule has 1 aliphatic rings. The van der Waals surface area contributed by atoms with Gasteiger partial charge in [-0.1, -0.05) is 48.0 Å². The standard InChI is InChI=1S/C24H19ClN2O6S/c25-17-9-5-15(6-10-17)16-7-11-18(12-8-16)34(32,33)26-21(24(30)31)13-14-27-22(28)19-3-1-2-4-20(19)23(27)29/h1-12,21,26H,13-14H2,(H,30,31). The zero-order chi connectivity index (χ0) is 24.5. The normalized spacial score (nSPS) is 14.2. The molecule has 10 heteroatoms. The van der Waals surface area contributed by atoms with E-state index < -0.39 is 33.8 Å². The molecular weight excluding hydrogens is 480 g/mol. The molecule has 3 aromatic carbocycles. The van der Waals surface area contributed by atoms with Crippen molar-refractivity contribution in [1.29, 1.82) is 0 Å². The maximum atomic E-state index is 12.8. The summed E-state index contributed by atoms with van der Waals surface area (Å²) in [4.78, 5) is 37.5. The number of hydrogen-bond acceptors (Lipinski definition) is 5. The molecule has 8 nitrogen and oxygen atoms in total. The third-order valence-electron chi connectivity index (χ3n) is 5.46. The van der Waals surface area contributed by atoms with Crippen molar-refractivity contribution in [3.63, 3.8) is 0 Å². The Balaban J connectivity index is 1.46. The summed E-state index contributed by atoms with van der Waals surface area (Å²) >= 11 is 5.89. The summed E-state index contributed by atoms with van der Waals surface area (Å²) in [6.07, 6.45) is -0.289. The molecule has 0 saturated heterocycles.